The summed E-state index contributed by atoms with van der Waals surface area (Å²) in [5, 5.41) is 34.8. The number of phosphoric acid groups is 3. The maximum absolute atomic E-state index is 12.7. The number of hydrogen-bond donors (Lipinski definition) is 10. The maximum Gasteiger partial charge on any atom is 0.481 e. The van der Waals surface area contributed by atoms with E-state index in [-0.39, 0.29) is 41.6 Å². The number of amides is 2. The number of nitrogens with two attached hydrogens (primary N) is 1. The predicted molar refractivity (Wildman–Crippen MR) is 211 cm³/mol. The summed E-state index contributed by atoms with van der Waals surface area (Å²) in [5.41, 5.74) is 4.23. The number of thioether (sulfide) groups is 1. The Bertz CT molecular complexity index is 2050. The lowest BCUT2D eigenvalue weighted by atomic mass is 9.87. The third-order valence-electron chi connectivity index (χ3n) is 8.22. The third-order valence-corrected chi connectivity index (χ3v) is 12.2. The molecule has 1 aliphatic heterocycles. The van der Waals surface area contributed by atoms with E-state index in [1.807, 2.05) is 6.08 Å². The number of carboxylic acids is 1. The summed E-state index contributed by atoms with van der Waals surface area (Å²) in [5.74, 6) is -2.23. The smallest absolute Gasteiger partial charge is 0.478 e. The fourth-order valence-electron chi connectivity index (χ4n) is 5.19. The average molecular weight is 948 g/mol. The summed E-state index contributed by atoms with van der Waals surface area (Å²) in [6, 6.07) is 0. The number of nitrogens with zero attached hydrogens (tertiary/aromatic N) is 4. The van der Waals surface area contributed by atoms with Crippen molar-refractivity contribution in [3.63, 3.8) is 0 Å². The van der Waals surface area contributed by atoms with Crippen molar-refractivity contribution < 1.29 is 90.4 Å². The normalized spacial score (nSPS) is 21.0. The molecule has 0 radical (unpaired) electrons. The molecular formula is C31H48N7O19P3S. The Labute approximate surface area is 351 Å². The summed E-state index contributed by atoms with van der Waals surface area (Å²) >= 11 is 1.04. The van der Waals surface area contributed by atoms with Gasteiger partial charge in [0.05, 0.1) is 19.5 Å². The molecule has 0 aliphatic carbocycles. The van der Waals surface area contributed by atoms with E-state index in [2.05, 4.69) is 34.4 Å². The second kappa shape index (κ2) is 23.3. The molecular weight excluding hydrogens is 899 g/mol. The van der Waals surface area contributed by atoms with Crippen LogP contribution in [0.2, 0.25) is 0 Å². The number of phosphoric ester groups is 3. The number of anilines is 1. The first-order chi connectivity index (χ1) is 28.4. The lowest BCUT2D eigenvalue weighted by molar-refractivity contribution is -0.137. The Kier molecular flexibility index (Phi) is 19.8. The minimum Gasteiger partial charge on any atom is -0.478 e. The number of carbonyl (C=O) groups excluding carboxylic acids is 3. The molecule has 2 amide bonds. The monoisotopic (exact) mass is 947 g/mol. The fraction of sp³-hybridized carbons (Fsp3) is 0.581. The first kappa shape index (κ1) is 51.9. The molecule has 7 atom stereocenters. The summed E-state index contributed by atoms with van der Waals surface area (Å²) in [6.45, 7) is 0.376. The van der Waals surface area contributed by atoms with E-state index in [0.29, 0.717) is 31.4 Å². The highest BCUT2D eigenvalue weighted by atomic mass is 32.2. The topological polar surface area (TPSA) is 401 Å². The molecule has 26 nitrogen and oxygen atoms in total. The predicted octanol–water partition coefficient (Wildman–Crippen LogP) is 0.422. The van der Waals surface area contributed by atoms with Gasteiger partial charge in [-0.1, -0.05) is 43.8 Å². The number of ether oxygens (including phenoxy) is 1. The van der Waals surface area contributed by atoms with Gasteiger partial charge in [-0.3, -0.25) is 32.5 Å². The molecule has 11 N–H and O–H groups in total. The summed E-state index contributed by atoms with van der Waals surface area (Å²) in [4.78, 5) is 98.2. The van der Waals surface area contributed by atoms with E-state index in [4.69, 9.17) is 24.6 Å². The van der Waals surface area contributed by atoms with Crippen molar-refractivity contribution >= 4 is 75.1 Å². The van der Waals surface area contributed by atoms with Gasteiger partial charge in [-0.2, -0.15) is 4.31 Å². The Balaban J connectivity index is 1.40. The van der Waals surface area contributed by atoms with Crippen LogP contribution >= 0.6 is 35.2 Å². The molecule has 61 heavy (non-hydrogen) atoms. The highest BCUT2D eigenvalue weighted by Crippen LogP contribution is 2.61. The number of aliphatic carboxylic acids is 1. The van der Waals surface area contributed by atoms with E-state index >= 15 is 0 Å². The molecule has 1 saturated heterocycles. The van der Waals surface area contributed by atoms with Gasteiger partial charge in [0.15, 0.2) is 22.8 Å². The van der Waals surface area contributed by atoms with E-state index in [1.165, 1.54) is 19.9 Å². The molecule has 1 fully saturated rings. The van der Waals surface area contributed by atoms with Gasteiger partial charge >= 0.3 is 29.4 Å². The molecule has 3 rings (SSSR count). The standard InChI is InChI=1S/C31H48N7O19P3S/c1-31(2,26(44)29(45)34-12-11-20(39)33-13-14-61-22(42)10-8-6-4-3-5-7-9-21(40)41)16-54-60(51,52)57-59(49,50)53-15-19-25(56-58(46,47)48)24(43)30(55-19)38-18-37-23-27(32)35-17-36-28(23)38/h3-4,7,9,17-19,24-26,30,43-44H,5-6,8,10-16H2,1-2H3,(H,33,39)(H,34,45)(H,40,41)(H,49,50)(H,51,52)(H2,32,35,36)(H2,46,47,48)/b4-3+,9-7+. The molecule has 1 aliphatic rings. The van der Waals surface area contributed by atoms with Gasteiger partial charge in [-0.25, -0.2) is 33.4 Å². The molecule has 0 saturated carbocycles. The molecule has 7 unspecified atom stereocenters. The van der Waals surface area contributed by atoms with Crippen LogP contribution in [-0.2, 0) is 55.5 Å². The summed E-state index contributed by atoms with van der Waals surface area (Å²) < 4.78 is 62.1. The van der Waals surface area contributed by atoms with Crippen molar-refractivity contribution in [2.75, 3.05) is 37.8 Å². The van der Waals surface area contributed by atoms with Crippen LogP contribution in [0, 0.1) is 5.41 Å². The van der Waals surface area contributed by atoms with Crippen molar-refractivity contribution in [3.8, 4) is 0 Å². The molecule has 2 aromatic heterocycles. The molecule has 0 spiro atoms. The number of aliphatic hydroxyl groups excluding tert-OH is 2. The fourth-order valence-corrected chi connectivity index (χ4v) is 8.74. The highest BCUT2D eigenvalue weighted by molar-refractivity contribution is 8.13. The van der Waals surface area contributed by atoms with Gasteiger partial charge in [0.1, 0.15) is 36.3 Å². The minimum atomic E-state index is -5.59. The van der Waals surface area contributed by atoms with Crippen LogP contribution in [0.1, 0.15) is 52.2 Å². The number of rotatable bonds is 26. The number of unbranched alkanes of at least 4 members (excludes halogenated alkanes) is 1. The number of aliphatic hydroxyl groups is 2. The van der Waals surface area contributed by atoms with E-state index < -0.39 is 90.5 Å². The van der Waals surface area contributed by atoms with E-state index in [1.54, 1.807) is 6.08 Å². The SMILES string of the molecule is CC(C)(COP(=O)(O)OP(=O)(O)OCC1OC(n2cnc3c(N)ncnc32)C(O)C1OP(=O)(O)O)C(O)C(=O)NCCC(=O)NCCSC(=O)CCC/C=C/C/C=C/C(=O)O. The Morgan fingerprint density at radius 1 is 1.02 bits per heavy atom. The van der Waals surface area contributed by atoms with Crippen LogP contribution in [0.4, 0.5) is 5.82 Å². The lowest BCUT2D eigenvalue weighted by Crippen LogP contribution is -2.46. The van der Waals surface area contributed by atoms with Crippen molar-refractivity contribution in [1.29, 1.82) is 0 Å². The molecule has 2 aromatic rings. The molecule has 3 heterocycles. The number of hydrogen-bond acceptors (Lipinski definition) is 19. The first-order valence-electron chi connectivity index (χ1n) is 18.0. The van der Waals surface area contributed by atoms with Gasteiger partial charge in [-0.05, 0) is 19.3 Å². The van der Waals surface area contributed by atoms with Crippen LogP contribution in [0.3, 0.4) is 0 Å². The Hall–Kier alpha value is -3.49. The highest BCUT2D eigenvalue weighted by Gasteiger charge is 2.50. The number of nitrogens with one attached hydrogen (secondary N) is 2. The van der Waals surface area contributed by atoms with Crippen molar-refractivity contribution in [2.24, 2.45) is 5.41 Å². The first-order valence-corrected chi connectivity index (χ1v) is 23.5. The number of fused-ring (bicyclic) bond motifs is 1. The van der Waals surface area contributed by atoms with Gasteiger partial charge in [0, 0.05) is 43.2 Å². The average Bonchev–Trinajstić information content (AvgIpc) is 3.72. The third kappa shape index (κ3) is 17.7. The summed E-state index contributed by atoms with van der Waals surface area (Å²) in [7, 11) is -16.4. The lowest BCUT2D eigenvalue weighted by Gasteiger charge is -2.30. The van der Waals surface area contributed by atoms with Gasteiger partial charge < -0.3 is 56.0 Å². The minimum absolute atomic E-state index is 0.0226. The number of carboxylic acid groups (broad SMARTS) is 1. The number of aromatic nitrogens is 4. The Morgan fingerprint density at radius 2 is 1.72 bits per heavy atom. The van der Waals surface area contributed by atoms with Gasteiger partial charge in [0.2, 0.25) is 11.8 Å². The number of carbonyl (C=O) groups is 4. The van der Waals surface area contributed by atoms with Crippen molar-refractivity contribution in [2.45, 2.75) is 76.6 Å². The van der Waals surface area contributed by atoms with Crippen LogP contribution < -0.4 is 16.4 Å². The zero-order valence-corrected chi connectivity index (χ0v) is 36.1. The number of nitrogen functional groups attached to an aromatic ring is 1. The molecule has 30 heteroatoms. The second-order valence-corrected chi connectivity index (χ2v) is 19.0. The van der Waals surface area contributed by atoms with E-state index in [9.17, 15) is 62.7 Å². The zero-order valence-electron chi connectivity index (χ0n) is 32.6. The molecule has 0 bridgehead atoms. The quantitative estimate of drug-likeness (QED) is 0.0264. The van der Waals surface area contributed by atoms with Gasteiger partial charge in [-0.15, -0.1) is 0 Å². The van der Waals surface area contributed by atoms with Crippen LogP contribution in [0.25, 0.3) is 11.2 Å². The van der Waals surface area contributed by atoms with Crippen molar-refractivity contribution in [1.82, 2.24) is 30.2 Å². The Morgan fingerprint density at radius 3 is 2.41 bits per heavy atom. The van der Waals surface area contributed by atoms with Crippen molar-refractivity contribution in [3.05, 3.63) is 37.0 Å². The maximum atomic E-state index is 12.7. The van der Waals surface area contributed by atoms with Crippen LogP contribution in [-0.4, -0.2) is 134 Å². The van der Waals surface area contributed by atoms with Gasteiger partial charge in [0.25, 0.3) is 0 Å². The van der Waals surface area contributed by atoms with Crippen LogP contribution in [0.15, 0.2) is 37.0 Å². The molecule has 0 aromatic carbocycles. The second-order valence-electron chi connectivity index (χ2n) is 13.6. The van der Waals surface area contributed by atoms with Crippen LogP contribution in [0.5, 0.6) is 0 Å². The summed E-state index contributed by atoms with van der Waals surface area (Å²) in [6.07, 6.45) is 1.21. The zero-order chi connectivity index (χ0) is 45.6. The molecule has 342 valence electrons. The number of imidazole rings is 1. The largest absolute Gasteiger partial charge is 0.481 e. The number of allylic oxidation sites excluding steroid dienone is 3. The van der Waals surface area contributed by atoms with E-state index in [0.717, 1.165) is 35.1 Å².